The average molecular weight is 409 g/mol. The summed E-state index contributed by atoms with van der Waals surface area (Å²) in [4.78, 5) is 29.5. The minimum Gasteiger partial charge on any atom is -0.324 e. The Balaban J connectivity index is 1.62. The number of aryl methyl sites for hydroxylation is 2. The van der Waals surface area contributed by atoms with Gasteiger partial charge in [0.15, 0.2) is 11.2 Å². The highest BCUT2D eigenvalue weighted by Gasteiger charge is 2.15. The number of carbonyl (C=O) groups is 1. The molecule has 0 radical (unpaired) electrons. The maximum atomic E-state index is 12.8. The highest BCUT2D eigenvalue weighted by atomic mass is 35.5. The molecule has 146 valence electrons. The Hall–Kier alpha value is -3.52. The summed E-state index contributed by atoms with van der Waals surface area (Å²) in [6, 6.07) is 12.8. The lowest BCUT2D eigenvalue weighted by molar-refractivity contribution is -0.116. The molecule has 0 spiro atoms. The summed E-state index contributed by atoms with van der Waals surface area (Å²) in [5.41, 5.74) is 3.24. The topological polar surface area (TPSA) is 94.7 Å². The Bertz CT molecular complexity index is 1290. The maximum Gasteiger partial charge on any atom is 0.284 e. The van der Waals surface area contributed by atoms with Crippen LogP contribution in [0.15, 0.2) is 53.6 Å². The van der Waals surface area contributed by atoms with Gasteiger partial charge in [0.2, 0.25) is 5.91 Å². The average Bonchev–Trinajstić information content (AvgIpc) is 3.12. The molecule has 0 bridgehead atoms. The molecule has 1 amide bonds. The summed E-state index contributed by atoms with van der Waals surface area (Å²) in [6.45, 7) is 3.67. The predicted octanol–water partition coefficient (Wildman–Crippen LogP) is 2.89. The SMILES string of the molecule is Cc1ccc(C)c(NC(=O)Cn2cnc3c(nnn3-c3cccc(Cl)c3)c2=O)c1. The third kappa shape index (κ3) is 3.74. The fourth-order valence-corrected chi connectivity index (χ4v) is 3.14. The van der Waals surface area contributed by atoms with Crippen LogP contribution in [0, 0.1) is 13.8 Å². The number of nitrogens with zero attached hydrogens (tertiary/aromatic N) is 5. The molecule has 8 nitrogen and oxygen atoms in total. The third-order valence-electron chi connectivity index (χ3n) is 4.46. The van der Waals surface area contributed by atoms with Gasteiger partial charge >= 0.3 is 0 Å². The first kappa shape index (κ1) is 18.8. The van der Waals surface area contributed by atoms with Crippen LogP contribution in [0.1, 0.15) is 11.1 Å². The number of hydrogen-bond donors (Lipinski definition) is 1. The lowest BCUT2D eigenvalue weighted by Crippen LogP contribution is -2.28. The molecule has 9 heteroatoms. The second-order valence-electron chi connectivity index (χ2n) is 6.70. The zero-order valence-electron chi connectivity index (χ0n) is 15.8. The van der Waals surface area contributed by atoms with Crippen LogP contribution in [0.4, 0.5) is 5.69 Å². The summed E-state index contributed by atoms with van der Waals surface area (Å²) in [6.07, 6.45) is 1.32. The molecule has 2 heterocycles. The highest BCUT2D eigenvalue weighted by molar-refractivity contribution is 6.30. The van der Waals surface area contributed by atoms with Gasteiger partial charge in [-0.05, 0) is 49.2 Å². The fourth-order valence-electron chi connectivity index (χ4n) is 2.95. The Morgan fingerprint density at radius 3 is 2.79 bits per heavy atom. The molecule has 0 aliphatic heterocycles. The van der Waals surface area contributed by atoms with E-state index >= 15 is 0 Å². The standard InChI is InChI=1S/C20H17ClN6O2/c1-12-6-7-13(2)16(8-12)23-17(28)10-26-11-22-19-18(20(26)29)24-25-27(19)15-5-3-4-14(21)9-15/h3-9,11H,10H2,1-2H3,(H,23,28). The van der Waals surface area contributed by atoms with Crippen LogP contribution in [0.2, 0.25) is 5.02 Å². The van der Waals surface area contributed by atoms with Crippen molar-refractivity contribution in [3.8, 4) is 5.69 Å². The number of halogens is 1. The number of hydrogen-bond acceptors (Lipinski definition) is 5. The van der Waals surface area contributed by atoms with E-state index in [1.807, 2.05) is 32.0 Å². The highest BCUT2D eigenvalue weighted by Crippen LogP contribution is 2.17. The van der Waals surface area contributed by atoms with Gasteiger partial charge in [0.25, 0.3) is 5.56 Å². The molecule has 0 saturated heterocycles. The van der Waals surface area contributed by atoms with E-state index in [2.05, 4.69) is 20.6 Å². The summed E-state index contributed by atoms with van der Waals surface area (Å²) >= 11 is 6.02. The molecule has 1 N–H and O–H groups in total. The Kier molecular flexibility index (Phi) is 4.85. The van der Waals surface area contributed by atoms with Crippen molar-refractivity contribution >= 4 is 34.4 Å². The van der Waals surface area contributed by atoms with E-state index in [0.29, 0.717) is 22.0 Å². The molecular weight excluding hydrogens is 392 g/mol. The molecule has 2 aromatic heterocycles. The molecule has 0 aliphatic carbocycles. The zero-order chi connectivity index (χ0) is 20.5. The minimum atomic E-state index is -0.445. The molecule has 0 unspecified atom stereocenters. The van der Waals surface area contributed by atoms with E-state index in [9.17, 15) is 9.59 Å². The first-order chi connectivity index (χ1) is 13.9. The maximum absolute atomic E-state index is 12.8. The monoisotopic (exact) mass is 408 g/mol. The van der Waals surface area contributed by atoms with E-state index in [4.69, 9.17) is 11.6 Å². The number of benzene rings is 2. The summed E-state index contributed by atoms with van der Waals surface area (Å²) in [5, 5.41) is 11.3. The lowest BCUT2D eigenvalue weighted by atomic mass is 10.1. The normalized spacial score (nSPS) is 11.0. The number of amides is 1. The second kappa shape index (κ2) is 7.48. The Morgan fingerprint density at radius 1 is 1.17 bits per heavy atom. The van der Waals surface area contributed by atoms with Gasteiger partial charge in [-0.1, -0.05) is 35.0 Å². The number of carbonyl (C=O) groups excluding carboxylic acids is 1. The minimum absolute atomic E-state index is 0.0759. The van der Waals surface area contributed by atoms with E-state index in [1.165, 1.54) is 15.6 Å². The molecule has 0 aliphatic rings. The van der Waals surface area contributed by atoms with Crippen molar-refractivity contribution in [2.45, 2.75) is 20.4 Å². The second-order valence-corrected chi connectivity index (χ2v) is 7.13. The van der Waals surface area contributed by atoms with Crippen LogP contribution in [-0.2, 0) is 11.3 Å². The molecule has 4 aromatic rings. The summed E-state index contributed by atoms with van der Waals surface area (Å²) in [7, 11) is 0. The number of rotatable bonds is 4. The van der Waals surface area contributed by atoms with Crippen molar-refractivity contribution in [2.75, 3.05) is 5.32 Å². The zero-order valence-corrected chi connectivity index (χ0v) is 16.5. The van der Waals surface area contributed by atoms with Crippen molar-refractivity contribution in [1.82, 2.24) is 24.5 Å². The van der Waals surface area contributed by atoms with Gasteiger partial charge in [-0.25, -0.2) is 4.98 Å². The van der Waals surface area contributed by atoms with Gasteiger partial charge in [0.05, 0.1) is 5.69 Å². The number of aromatic nitrogens is 5. The van der Waals surface area contributed by atoms with E-state index in [1.54, 1.807) is 24.3 Å². The molecular formula is C20H17ClN6O2. The number of fused-ring (bicyclic) bond motifs is 1. The summed E-state index contributed by atoms with van der Waals surface area (Å²) in [5.74, 6) is -0.329. The largest absolute Gasteiger partial charge is 0.324 e. The first-order valence-corrected chi connectivity index (χ1v) is 9.24. The Morgan fingerprint density at radius 2 is 2.00 bits per heavy atom. The summed E-state index contributed by atoms with van der Waals surface area (Å²) < 4.78 is 2.64. The van der Waals surface area contributed by atoms with Gasteiger partial charge in [0.1, 0.15) is 12.9 Å². The van der Waals surface area contributed by atoms with Crippen molar-refractivity contribution in [1.29, 1.82) is 0 Å². The Labute approximate surface area is 170 Å². The van der Waals surface area contributed by atoms with E-state index in [0.717, 1.165) is 11.1 Å². The predicted molar refractivity (Wildman–Crippen MR) is 110 cm³/mol. The first-order valence-electron chi connectivity index (χ1n) is 8.86. The smallest absolute Gasteiger partial charge is 0.284 e. The van der Waals surface area contributed by atoms with E-state index in [-0.39, 0.29) is 18.0 Å². The van der Waals surface area contributed by atoms with Gasteiger partial charge in [-0.3, -0.25) is 14.2 Å². The van der Waals surface area contributed by atoms with Crippen LogP contribution < -0.4 is 10.9 Å². The molecule has 0 atom stereocenters. The number of nitrogens with one attached hydrogen (secondary N) is 1. The van der Waals surface area contributed by atoms with Crippen molar-refractivity contribution < 1.29 is 4.79 Å². The van der Waals surface area contributed by atoms with Crippen LogP contribution >= 0.6 is 11.6 Å². The fraction of sp³-hybridized carbons (Fsp3) is 0.150. The van der Waals surface area contributed by atoms with Crippen LogP contribution in [-0.4, -0.2) is 30.5 Å². The van der Waals surface area contributed by atoms with Gasteiger partial charge in [0, 0.05) is 10.7 Å². The molecule has 29 heavy (non-hydrogen) atoms. The van der Waals surface area contributed by atoms with Crippen molar-refractivity contribution in [3.05, 3.63) is 75.3 Å². The van der Waals surface area contributed by atoms with Crippen LogP contribution in [0.25, 0.3) is 16.9 Å². The van der Waals surface area contributed by atoms with Crippen LogP contribution in [0.3, 0.4) is 0 Å². The van der Waals surface area contributed by atoms with Gasteiger partial charge in [-0.15, -0.1) is 5.10 Å². The van der Waals surface area contributed by atoms with Gasteiger partial charge in [-0.2, -0.15) is 4.68 Å². The third-order valence-corrected chi connectivity index (χ3v) is 4.70. The molecule has 0 fully saturated rings. The van der Waals surface area contributed by atoms with Crippen LogP contribution in [0.5, 0.6) is 0 Å². The van der Waals surface area contributed by atoms with Gasteiger partial charge < -0.3 is 5.32 Å². The van der Waals surface area contributed by atoms with E-state index < -0.39 is 5.56 Å². The van der Waals surface area contributed by atoms with Crippen molar-refractivity contribution in [3.63, 3.8) is 0 Å². The molecule has 4 rings (SSSR count). The lowest BCUT2D eigenvalue weighted by Gasteiger charge is -2.10. The molecule has 2 aromatic carbocycles. The van der Waals surface area contributed by atoms with Crippen molar-refractivity contribution in [2.24, 2.45) is 0 Å². The molecule has 0 saturated carbocycles. The number of anilines is 1. The quantitative estimate of drug-likeness (QED) is 0.560.